The van der Waals surface area contributed by atoms with E-state index in [4.69, 9.17) is 11.6 Å². The van der Waals surface area contributed by atoms with E-state index in [0.717, 1.165) is 19.3 Å². The normalized spacial score (nSPS) is 15.3. The van der Waals surface area contributed by atoms with Crippen molar-refractivity contribution in [2.75, 3.05) is 14.1 Å². The van der Waals surface area contributed by atoms with Crippen molar-refractivity contribution >= 4 is 24.0 Å². The summed E-state index contributed by atoms with van der Waals surface area (Å²) in [7, 11) is 4.16. The highest BCUT2D eigenvalue weighted by Gasteiger charge is 2.18. The second kappa shape index (κ2) is 17.3. The number of unbranched alkanes of at least 4 members (excludes halogenated alkanes) is 8. The first-order valence-corrected chi connectivity index (χ1v) is 9.89. The summed E-state index contributed by atoms with van der Waals surface area (Å²) in [5.74, 6) is 0. The highest BCUT2D eigenvalue weighted by atomic mass is 35.5. The molecule has 0 aliphatic rings. The number of halogens is 2. The lowest BCUT2D eigenvalue weighted by Gasteiger charge is -2.27. The summed E-state index contributed by atoms with van der Waals surface area (Å²) in [4.78, 5) is 2.19. The number of aliphatic hydroxyl groups excluding tert-OH is 1. The van der Waals surface area contributed by atoms with Gasteiger partial charge in [0.1, 0.15) is 0 Å². The summed E-state index contributed by atoms with van der Waals surface area (Å²) in [6.45, 7) is 4.13. The molecule has 0 aromatic carbocycles. The van der Waals surface area contributed by atoms with Crippen LogP contribution in [-0.4, -0.2) is 41.6 Å². The molecule has 3 atom stereocenters. The van der Waals surface area contributed by atoms with Gasteiger partial charge >= 0.3 is 0 Å². The van der Waals surface area contributed by atoms with E-state index < -0.39 is 0 Å². The predicted molar refractivity (Wildman–Crippen MR) is 107 cm³/mol. The Labute approximate surface area is 156 Å². The van der Waals surface area contributed by atoms with Gasteiger partial charge in [-0.2, -0.15) is 0 Å². The van der Waals surface area contributed by atoms with Gasteiger partial charge in [0, 0.05) is 11.4 Å². The molecule has 0 saturated heterocycles. The Morgan fingerprint density at radius 1 is 0.870 bits per heavy atom. The molecule has 142 valence electrons. The molecule has 1 N–H and O–H groups in total. The van der Waals surface area contributed by atoms with Crippen LogP contribution in [0.1, 0.15) is 90.9 Å². The van der Waals surface area contributed by atoms with Gasteiger partial charge in [-0.05, 0) is 40.3 Å². The first-order chi connectivity index (χ1) is 10.5. The van der Waals surface area contributed by atoms with Gasteiger partial charge in [0.05, 0.1) is 6.10 Å². The summed E-state index contributed by atoms with van der Waals surface area (Å²) in [5, 5.41) is 9.81. The Bertz CT molecular complexity index is 237. The zero-order valence-corrected chi connectivity index (χ0v) is 17.5. The van der Waals surface area contributed by atoms with E-state index in [-0.39, 0.29) is 23.9 Å². The van der Waals surface area contributed by atoms with Crippen LogP contribution in [0.2, 0.25) is 0 Å². The van der Waals surface area contributed by atoms with Crippen molar-refractivity contribution < 1.29 is 5.11 Å². The van der Waals surface area contributed by atoms with E-state index in [1.54, 1.807) is 0 Å². The largest absolute Gasteiger partial charge is 0.393 e. The number of hydrogen-bond donors (Lipinski definition) is 1. The maximum absolute atomic E-state index is 9.57. The second-order valence-electron chi connectivity index (χ2n) is 7.15. The molecule has 2 nitrogen and oxygen atoms in total. The number of rotatable bonds is 15. The first-order valence-electron chi connectivity index (χ1n) is 9.45. The van der Waals surface area contributed by atoms with E-state index >= 15 is 0 Å². The Balaban J connectivity index is 0. The number of hydrogen-bond acceptors (Lipinski definition) is 2. The predicted octanol–water partition coefficient (Wildman–Crippen LogP) is 6.03. The molecule has 0 aliphatic heterocycles. The van der Waals surface area contributed by atoms with Gasteiger partial charge in [0.15, 0.2) is 0 Å². The van der Waals surface area contributed by atoms with Gasteiger partial charge in [0.2, 0.25) is 0 Å². The van der Waals surface area contributed by atoms with Crippen LogP contribution in [0.4, 0.5) is 0 Å². The van der Waals surface area contributed by atoms with Crippen LogP contribution in [0.3, 0.4) is 0 Å². The Morgan fingerprint density at radius 3 is 1.78 bits per heavy atom. The van der Waals surface area contributed by atoms with Gasteiger partial charge in [-0.3, -0.25) is 0 Å². The molecule has 0 saturated carbocycles. The molecule has 23 heavy (non-hydrogen) atoms. The quantitative estimate of drug-likeness (QED) is 0.281. The summed E-state index contributed by atoms with van der Waals surface area (Å²) in [6, 6.07) is 0.390. The molecule has 0 aliphatic carbocycles. The highest BCUT2D eigenvalue weighted by Crippen LogP contribution is 2.20. The zero-order chi connectivity index (χ0) is 16.8. The third-order valence-corrected chi connectivity index (χ3v) is 4.89. The maximum Gasteiger partial charge on any atom is 0.0527 e. The van der Waals surface area contributed by atoms with Crippen LogP contribution in [0.25, 0.3) is 0 Å². The van der Waals surface area contributed by atoms with Crippen LogP contribution < -0.4 is 0 Å². The van der Waals surface area contributed by atoms with E-state index in [9.17, 15) is 5.11 Å². The third kappa shape index (κ3) is 17.1. The molecule has 0 heterocycles. The molecule has 0 fully saturated rings. The Kier molecular flexibility index (Phi) is 19.4. The van der Waals surface area contributed by atoms with Crippen molar-refractivity contribution in [2.24, 2.45) is 0 Å². The van der Waals surface area contributed by atoms with Crippen LogP contribution in [0, 0.1) is 0 Å². The molecular formula is C19H41Cl2NO. The fourth-order valence-corrected chi connectivity index (χ4v) is 3.36. The van der Waals surface area contributed by atoms with Gasteiger partial charge in [-0.1, -0.05) is 64.7 Å². The molecule has 0 bridgehead atoms. The van der Waals surface area contributed by atoms with E-state index in [2.05, 4.69) is 25.9 Å². The van der Waals surface area contributed by atoms with Gasteiger partial charge in [-0.15, -0.1) is 24.0 Å². The average Bonchev–Trinajstić information content (AvgIpc) is 2.44. The van der Waals surface area contributed by atoms with Crippen molar-refractivity contribution in [1.29, 1.82) is 0 Å². The summed E-state index contributed by atoms with van der Waals surface area (Å²) >= 11 is 6.49. The van der Waals surface area contributed by atoms with Crippen molar-refractivity contribution in [3.8, 4) is 0 Å². The monoisotopic (exact) mass is 369 g/mol. The molecule has 0 amide bonds. The van der Waals surface area contributed by atoms with Crippen molar-refractivity contribution in [3.63, 3.8) is 0 Å². The van der Waals surface area contributed by atoms with E-state index in [1.165, 1.54) is 57.8 Å². The third-order valence-electron chi connectivity index (χ3n) is 4.49. The average molecular weight is 370 g/mol. The van der Waals surface area contributed by atoms with Crippen LogP contribution in [-0.2, 0) is 0 Å². The van der Waals surface area contributed by atoms with Gasteiger partial charge < -0.3 is 10.0 Å². The van der Waals surface area contributed by atoms with Crippen molar-refractivity contribution in [3.05, 3.63) is 0 Å². The topological polar surface area (TPSA) is 23.5 Å². The standard InChI is InChI=1S/C19H40ClNO.ClH/c1-5-6-7-8-9-10-11-12-13-14-18(20)16-19(21(3)4)15-17(2)22;/h17-19,22H,5-16H2,1-4H3;1H. The molecule has 0 rings (SSSR count). The zero-order valence-electron chi connectivity index (χ0n) is 15.9. The maximum atomic E-state index is 9.57. The van der Waals surface area contributed by atoms with Crippen LogP contribution in [0.15, 0.2) is 0 Å². The summed E-state index contributed by atoms with van der Waals surface area (Å²) in [6.07, 6.45) is 14.9. The van der Waals surface area contributed by atoms with Crippen molar-refractivity contribution in [1.82, 2.24) is 4.90 Å². The molecular weight excluding hydrogens is 329 g/mol. The minimum Gasteiger partial charge on any atom is -0.393 e. The van der Waals surface area contributed by atoms with Crippen LogP contribution in [0.5, 0.6) is 0 Å². The molecule has 0 radical (unpaired) electrons. The molecule has 0 spiro atoms. The number of nitrogens with zero attached hydrogens (tertiary/aromatic N) is 1. The summed E-state index contributed by atoms with van der Waals surface area (Å²) < 4.78 is 0. The molecule has 3 unspecified atom stereocenters. The second-order valence-corrected chi connectivity index (χ2v) is 7.77. The van der Waals surface area contributed by atoms with Gasteiger partial charge in [-0.25, -0.2) is 0 Å². The molecule has 0 aromatic rings. The summed E-state index contributed by atoms with van der Waals surface area (Å²) in [5.41, 5.74) is 0. The Morgan fingerprint density at radius 2 is 1.35 bits per heavy atom. The number of aliphatic hydroxyl groups is 1. The highest BCUT2D eigenvalue weighted by molar-refractivity contribution is 6.20. The van der Waals surface area contributed by atoms with E-state index in [0.29, 0.717) is 6.04 Å². The molecule has 4 heteroatoms. The fourth-order valence-electron chi connectivity index (χ4n) is 3.00. The number of alkyl halides is 1. The minimum absolute atomic E-state index is 0. The first kappa shape index (κ1) is 25.7. The lowest BCUT2D eigenvalue weighted by molar-refractivity contribution is 0.133. The lowest BCUT2D eigenvalue weighted by Crippen LogP contribution is -2.33. The Hall–Kier alpha value is 0.500. The smallest absolute Gasteiger partial charge is 0.0527 e. The lowest BCUT2D eigenvalue weighted by atomic mass is 10.00. The van der Waals surface area contributed by atoms with Gasteiger partial charge in [0.25, 0.3) is 0 Å². The SMILES string of the molecule is CCCCCCCCCCCC(Cl)CC(CC(C)O)N(C)C.Cl. The van der Waals surface area contributed by atoms with E-state index in [1.807, 2.05) is 6.92 Å². The van der Waals surface area contributed by atoms with Crippen molar-refractivity contribution in [2.45, 2.75) is 108 Å². The van der Waals surface area contributed by atoms with Crippen LogP contribution >= 0.6 is 24.0 Å². The fraction of sp³-hybridized carbons (Fsp3) is 1.00. The minimum atomic E-state index is -0.246. The molecule has 0 aromatic heterocycles.